The zero-order valence-electron chi connectivity index (χ0n) is 13.7. The van der Waals surface area contributed by atoms with E-state index in [1.54, 1.807) is 48.8 Å². The van der Waals surface area contributed by atoms with E-state index in [4.69, 9.17) is 4.74 Å². The van der Waals surface area contributed by atoms with Crippen LogP contribution in [0, 0.1) is 0 Å². The third kappa shape index (κ3) is 4.35. The molecule has 2 aromatic carbocycles. The number of rotatable bonds is 6. The summed E-state index contributed by atoms with van der Waals surface area (Å²) in [5.74, 6) is 0.310. The molecule has 0 aliphatic rings. The highest BCUT2D eigenvalue weighted by Crippen LogP contribution is 2.17. The largest absolute Gasteiger partial charge is 0.492 e. The maximum Gasteiger partial charge on any atom is 0.251 e. The van der Waals surface area contributed by atoms with Gasteiger partial charge in [0.05, 0.1) is 23.9 Å². The van der Waals surface area contributed by atoms with Crippen LogP contribution in [0.25, 0.3) is 11.0 Å². The number of ether oxygens (including phenoxy) is 1. The molecule has 0 aliphatic heterocycles. The molecule has 0 unspecified atom stereocenters. The van der Waals surface area contributed by atoms with Gasteiger partial charge in [-0.25, -0.2) is 4.98 Å². The fourth-order valence-electron chi connectivity index (χ4n) is 2.38. The van der Waals surface area contributed by atoms with Crippen LogP contribution in [0.15, 0.2) is 48.8 Å². The fourth-order valence-corrected chi connectivity index (χ4v) is 2.38. The van der Waals surface area contributed by atoms with Gasteiger partial charge in [0.1, 0.15) is 12.4 Å². The van der Waals surface area contributed by atoms with Crippen LogP contribution >= 0.6 is 0 Å². The summed E-state index contributed by atoms with van der Waals surface area (Å²) in [6.07, 6.45) is 1.59. The predicted molar refractivity (Wildman–Crippen MR) is 94.7 cm³/mol. The van der Waals surface area contributed by atoms with Gasteiger partial charge in [-0.3, -0.25) is 9.59 Å². The molecular formula is C18H18N4O3. The van der Waals surface area contributed by atoms with Crippen molar-refractivity contribution < 1.29 is 14.3 Å². The molecule has 0 spiro atoms. The van der Waals surface area contributed by atoms with E-state index < -0.39 is 0 Å². The summed E-state index contributed by atoms with van der Waals surface area (Å²) in [6, 6.07) is 12.4. The Balaban J connectivity index is 1.49. The van der Waals surface area contributed by atoms with E-state index in [0.717, 1.165) is 11.0 Å². The molecular weight excluding hydrogens is 320 g/mol. The molecule has 3 aromatic rings. The van der Waals surface area contributed by atoms with Gasteiger partial charge in [-0.15, -0.1) is 0 Å². The maximum absolute atomic E-state index is 12.1. The number of imidazole rings is 1. The molecule has 2 amide bonds. The lowest BCUT2D eigenvalue weighted by Crippen LogP contribution is -2.28. The number of aromatic amines is 1. The second kappa shape index (κ2) is 7.48. The highest BCUT2D eigenvalue weighted by atomic mass is 16.5. The molecule has 3 N–H and O–H groups in total. The first-order chi connectivity index (χ1) is 12.1. The number of fused-ring (bicyclic) bond motifs is 1. The Morgan fingerprint density at radius 1 is 1.20 bits per heavy atom. The van der Waals surface area contributed by atoms with Crippen LogP contribution in [0.3, 0.4) is 0 Å². The summed E-state index contributed by atoms with van der Waals surface area (Å²) >= 11 is 0. The predicted octanol–water partition coefficient (Wildman–Crippen LogP) is 2.33. The third-order valence-corrected chi connectivity index (χ3v) is 3.49. The number of hydrogen-bond donors (Lipinski definition) is 3. The third-order valence-electron chi connectivity index (χ3n) is 3.49. The van der Waals surface area contributed by atoms with E-state index in [0.29, 0.717) is 30.2 Å². The van der Waals surface area contributed by atoms with Gasteiger partial charge in [-0.05, 0) is 30.3 Å². The number of benzene rings is 2. The van der Waals surface area contributed by atoms with E-state index in [2.05, 4.69) is 20.6 Å². The average Bonchev–Trinajstić information content (AvgIpc) is 3.06. The quantitative estimate of drug-likeness (QED) is 0.601. The zero-order chi connectivity index (χ0) is 17.6. The highest BCUT2D eigenvalue weighted by Gasteiger charge is 2.07. The Labute approximate surface area is 144 Å². The molecule has 128 valence electrons. The monoisotopic (exact) mass is 338 g/mol. The fraction of sp³-hybridized carbons (Fsp3) is 0.167. The van der Waals surface area contributed by atoms with E-state index in [1.807, 2.05) is 0 Å². The molecule has 1 heterocycles. The molecule has 0 saturated carbocycles. The Hall–Kier alpha value is -3.35. The topological polar surface area (TPSA) is 96.1 Å². The number of H-pyrrole nitrogens is 1. The zero-order valence-corrected chi connectivity index (χ0v) is 13.7. The first-order valence-corrected chi connectivity index (χ1v) is 7.83. The van der Waals surface area contributed by atoms with Crippen molar-refractivity contribution in [3.63, 3.8) is 0 Å². The summed E-state index contributed by atoms with van der Waals surface area (Å²) in [5, 5.41) is 5.50. The minimum atomic E-state index is -0.174. The number of anilines is 1. The summed E-state index contributed by atoms with van der Waals surface area (Å²) in [4.78, 5) is 30.3. The Morgan fingerprint density at radius 2 is 2.08 bits per heavy atom. The minimum Gasteiger partial charge on any atom is -0.492 e. The molecule has 0 bridgehead atoms. The molecule has 7 nitrogen and oxygen atoms in total. The Bertz CT molecular complexity index is 904. The van der Waals surface area contributed by atoms with Crippen LogP contribution in [0.1, 0.15) is 17.3 Å². The Kier molecular flexibility index (Phi) is 4.94. The average molecular weight is 338 g/mol. The molecule has 25 heavy (non-hydrogen) atoms. The van der Waals surface area contributed by atoms with Gasteiger partial charge in [0.15, 0.2) is 0 Å². The van der Waals surface area contributed by atoms with Crippen LogP contribution in [-0.2, 0) is 4.79 Å². The van der Waals surface area contributed by atoms with Gasteiger partial charge in [0.2, 0.25) is 5.91 Å². The number of nitrogens with zero attached hydrogens (tertiary/aromatic N) is 1. The van der Waals surface area contributed by atoms with E-state index in [9.17, 15) is 9.59 Å². The van der Waals surface area contributed by atoms with Crippen LogP contribution in [0.5, 0.6) is 5.75 Å². The minimum absolute atomic E-state index is 0.140. The van der Waals surface area contributed by atoms with Crippen LogP contribution in [0.4, 0.5) is 5.69 Å². The van der Waals surface area contributed by atoms with Crippen molar-refractivity contribution in [2.45, 2.75) is 6.92 Å². The second-order valence-electron chi connectivity index (χ2n) is 5.45. The normalized spacial score (nSPS) is 10.4. The molecule has 0 radical (unpaired) electrons. The summed E-state index contributed by atoms with van der Waals surface area (Å²) in [5.41, 5.74) is 2.86. The summed E-state index contributed by atoms with van der Waals surface area (Å²) in [6.45, 7) is 2.13. The van der Waals surface area contributed by atoms with Crippen molar-refractivity contribution in [2.75, 3.05) is 18.5 Å². The number of amides is 2. The van der Waals surface area contributed by atoms with Crippen molar-refractivity contribution in [3.8, 4) is 5.75 Å². The van der Waals surface area contributed by atoms with Gasteiger partial charge in [0.25, 0.3) is 5.91 Å². The van der Waals surface area contributed by atoms with Gasteiger partial charge < -0.3 is 20.4 Å². The Morgan fingerprint density at radius 3 is 2.92 bits per heavy atom. The van der Waals surface area contributed by atoms with Crippen LogP contribution in [0.2, 0.25) is 0 Å². The van der Waals surface area contributed by atoms with Crippen molar-refractivity contribution in [1.82, 2.24) is 15.3 Å². The lowest BCUT2D eigenvalue weighted by molar-refractivity contribution is -0.114. The van der Waals surface area contributed by atoms with E-state index in [1.165, 1.54) is 6.92 Å². The lowest BCUT2D eigenvalue weighted by atomic mass is 10.2. The van der Waals surface area contributed by atoms with Crippen molar-refractivity contribution in [2.24, 2.45) is 0 Å². The van der Waals surface area contributed by atoms with E-state index >= 15 is 0 Å². The van der Waals surface area contributed by atoms with Gasteiger partial charge in [0, 0.05) is 24.2 Å². The first kappa shape index (κ1) is 16.5. The SMILES string of the molecule is CC(=O)Nc1cccc(OCCNC(=O)c2ccc3nc[nH]c3c2)c1. The molecule has 0 fully saturated rings. The summed E-state index contributed by atoms with van der Waals surface area (Å²) in [7, 11) is 0. The van der Waals surface area contributed by atoms with Crippen molar-refractivity contribution in [1.29, 1.82) is 0 Å². The molecule has 7 heteroatoms. The molecule has 0 saturated heterocycles. The number of hydrogen-bond acceptors (Lipinski definition) is 4. The maximum atomic E-state index is 12.1. The number of nitrogens with one attached hydrogen (secondary N) is 3. The first-order valence-electron chi connectivity index (χ1n) is 7.83. The molecule has 0 atom stereocenters. The molecule has 1 aromatic heterocycles. The molecule has 3 rings (SSSR count). The smallest absolute Gasteiger partial charge is 0.251 e. The molecule has 0 aliphatic carbocycles. The van der Waals surface area contributed by atoms with Gasteiger partial charge in [-0.2, -0.15) is 0 Å². The number of aromatic nitrogens is 2. The van der Waals surface area contributed by atoms with Gasteiger partial charge in [-0.1, -0.05) is 6.07 Å². The van der Waals surface area contributed by atoms with Gasteiger partial charge >= 0.3 is 0 Å². The second-order valence-corrected chi connectivity index (χ2v) is 5.45. The number of carbonyl (C=O) groups excluding carboxylic acids is 2. The van der Waals surface area contributed by atoms with Crippen LogP contribution < -0.4 is 15.4 Å². The van der Waals surface area contributed by atoms with Crippen LogP contribution in [-0.4, -0.2) is 34.9 Å². The summed E-state index contributed by atoms with van der Waals surface area (Å²) < 4.78 is 5.59. The standard InChI is InChI=1S/C18H18N4O3/c1-12(23)22-14-3-2-4-15(10-14)25-8-7-19-18(24)13-5-6-16-17(9-13)21-11-20-16/h2-6,9-11H,7-8H2,1H3,(H,19,24)(H,20,21)(H,22,23). The number of carbonyl (C=O) groups is 2. The van der Waals surface area contributed by atoms with Crippen molar-refractivity contribution >= 4 is 28.5 Å². The lowest BCUT2D eigenvalue weighted by Gasteiger charge is -2.09. The highest BCUT2D eigenvalue weighted by molar-refractivity contribution is 5.97. The van der Waals surface area contributed by atoms with E-state index in [-0.39, 0.29) is 11.8 Å². The van der Waals surface area contributed by atoms with Crippen molar-refractivity contribution in [3.05, 3.63) is 54.4 Å².